The van der Waals surface area contributed by atoms with Gasteiger partial charge in [0.2, 0.25) is 0 Å². The summed E-state index contributed by atoms with van der Waals surface area (Å²) in [5.41, 5.74) is 8.94. The normalized spacial score (nSPS) is 11.2. The van der Waals surface area contributed by atoms with Gasteiger partial charge in [-0.25, -0.2) is 4.98 Å². The van der Waals surface area contributed by atoms with Crippen LogP contribution in [-0.2, 0) is 6.42 Å². The number of thiazole rings is 1. The molecule has 1 aromatic carbocycles. The number of fused-ring (bicyclic) bond motifs is 1. The van der Waals surface area contributed by atoms with E-state index >= 15 is 0 Å². The standard InChI is InChI=1S/C13H12ClN3S/c14-10-3-1-9(2-4-10)12-11(5-6-15)17-7-8-18-13(17)16-12/h1-4,7-8H,5-6,15H2. The summed E-state index contributed by atoms with van der Waals surface area (Å²) in [4.78, 5) is 5.68. The fourth-order valence-corrected chi connectivity index (χ4v) is 2.91. The van der Waals surface area contributed by atoms with Crippen molar-refractivity contribution in [2.24, 2.45) is 5.73 Å². The summed E-state index contributed by atoms with van der Waals surface area (Å²) in [5, 5.41) is 2.77. The second kappa shape index (κ2) is 4.72. The van der Waals surface area contributed by atoms with Crippen LogP contribution in [0.3, 0.4) is 0 Å². The van der Waals surface area contributed by atoms with Gasteiger partial charge in [-0.1, -0.05) is 23.7 Å². The summed E-state index contributed by atoms with van der Waals surface area (Å²) in [6.45, 7) is 0.615. The molecule has 3 nitrogen and oxygen atoms in total. The summed E-state index contributed by atoms with van der Waals surface area (Å²) >= 11 is 7.55. The second-order valence-corrected chi connectivity index (χ2v) is 5.32. The van der Waals surface area contributed by atoms with Crippen LogP contribution in [0.25, 0.3) is 16.2 Å². The topological polar surface area (TPSA) is 43.3 Å². The van der Waals surface area contributed by atoms with E-state index < -0.39 is 0 Å². The Morgan fingerprint density at radius 2 is 2.06 bits per heavy atom. The lowest BCUT2D eigenvalue weighted by atomic mass is 10.1. The van der Waals surface area contributed by atoms with Crippen molar-refractivity contribution >= 4 is 27.9 Å². The second-order valence-electron chi connectivity index (χ2n) is 4.01. The largest absolute Gasteiger partial charge is 0.330 e. The first kappa shape index (κ1) is 11.7. The fraction of sp³-hybridized carbons (Fsp3) is 0.154. The molecule has 0 aliphatic rings. The number of hydrogen-bond acceptors (Lipinski definition) is 3. The third kappa shape index (κ3) is 1.92. The highest BCUT2D eigenvalue weighted by Gasteiger charge is 2.13. The number of nitrogens with two attached hydrogens (primary N) is 1. The van der Waals surface area contributed by atoms with Crippen molar-refractivity contribution in [3.05, 3.63) is 46.6 Å². The van der Waals surface area contributed by atoms with Gasteiger partial charge in [0.05, 0.1) is 11.4 Å². The van der Waals surface area contributed by atoms with Gasteiger partial charge in [-0.05, 0) is 18.7 Å². The van der Waals surface area contributed by atoms with Crippen LogP contribution in [0.4, 0.5) is 0 Å². The summed E-state index contributed by atoms with van der Waals surface area (Å²) in [6, 6.07) is 7.76. The summed E-state index contributed by atoms with van der Waals surface area (Å²) in [5.74, 6) is 0. The number of benzene rings is 1. The number of imidazole rings is 1. The molecular formula is C13H12ClN3S. The predicted molar refractivity (Wildman–Crippen MR) is 76.3 cm³/mol. The van der Waals surface area contributed by atoms with Gasteiger partial charge in [-0.15, -0.1) is 11.3 Å². The number of halogens is 1. The Kier molecular flexibility index (Phi) is 3.07. The quantitative estimate of drug-likeness (QED) is 0.799. The maximum absolute atomic E-state index is 5.91. The van der Waals surface area contributed by atoms with Crippen molar-refractivity contribution in [1.82, 2.24) is 9.38 Å². The Hall–Kier alpha value is -1.36. The van der Waals surface area contributed by atoms with Gasteiger partial charge in [0.15, 0.2) is 4.96 Å². The van der Waals surface area contributed by atoms with E-state index in [0.29, 0.717) is 6.54 Å². The first-order chi connectivity index (χ1) is 8.79. The van der Waals surface area contributed by atoms with Crippen LogP contribution in [0.2, 0.25) is 5.02 Å². The molecule has 18 heavy (non-hydrogen) atoms. The van der Waals surface area contributed by atoms with Crippen molar-refractivity contribution < 1.29 is 0 Å². The summed E-state index contributed by atoms with van der Waals surface area (Å²) < 4.78 is 2.11. The van der Waals surface area contributed by atoms with Gasteiger partial charge in [-0.2, -0.15) is 0 Å². The van der Waals surface area contributed by atoms with E-state index in [1.807, 2.05) is 35.8 Å². The van der Waals surface area contributed by atoms with Crippen LogP contribution in [0.1, 0.15) is 5.69 Å². The van der Waals surface area contributed by atoms with Gasteiger partial charge < -0.3 is 5.73 Å². The zero-order chi connectivity index (χ0) is 12.5. The van der Waals surface area contributed by atoms with Crippen molar-refractivity contribution in [2.45, 2.75) is 6.42 Å². The Bertz CT molecular complexity index is 669. The van der Waals surface area contributed by atoms with Crippen molar-refractivity contribution in [3.8, 4) is 11.3 Å². The van der Waals surface area contributed by atoms with Crippen LogP contribution >= 0.6 is 22.9 Å². The lowest BCUT2D eigenvalue weighted by Gasteiger charge is -2.03. The van der Waals surface area contributed by atoms with Crippen LogP contribution in [0, 0.1) is 0 Å². The van der Waals surface area contributed by atoms with Crippen molar-refractivity contribution in [2.75, 3.05) is 6.54 Å². The number of aromatic nitrogens is 2. The molecule has 3 aromatic rings. The average molecular weight is 278 g/mol. The van der Waals surface area contributed by atoms with E-state index in [4.69, 9.17) is 17.3 Å². The number of rotatable bonds is 3. The molecule has 0 bridgehead atoms. The molecule has 0 atom stereocenters. The molecule has 0 spiro atoms. The first-order valence-corrected chi connectivity index (χ1v) is 6.96. The van der Waals surface area contributed by atoms with E-state index in [1.54, 1.807) is 11.3 Å². The molecule has 0 amide bonds. The average Bonchev–Trinajstić information content (AvgIpc) is 2.93. The van der Waals surface area contributed by atoms with E-state index in [9.17, 15) is 0 Å². The molecule has 3 rings (SSSR count). The maximum Gasteiger partial charge on any atom is 0.194 e. The molecule has 0 saturated heterocycles. The predicted octanol–water partition coefficient (Wildman–Crippen LogP) is 3.22. The molecule has 0 unspecified atom stereocenters. The molecule has 0 saturated carbocycles. The van der Waals surface area contributed by atoms with Gasteiger partial charge in [0.25, 0.3) is 0 Å². The molecule has 0 aliphatic heterocycles. The third-order valence-electron chi connectivity index (χ3n) is 2.86. The fourth-order valence-electron chi connectivity index (χ4n) is 2.05. The minimum atomic E-state index is 0.615. The van der Waals surface area contributed by atoms with Crippen molar-refractivity contribution in [1.29, 1.82) is 0 Å². The van der Waals surface area contributed by atoms with Gasteiger partial charge in [0.1, 0.15) is 0 Å². The Balaban J connectivity index is 2.17. The number of nitrogens with zero attached hydrogens (tertiary/aromatic N) is 2. The lowest BCUT2D eigenvalue weighted by molar-refractivity contribution is 0.911. The molecule has 2 aromatic heterocycles. The van der Waals surface area contributed by atoms with Gasteiger partial charge in [0, 0.05) is 28.6 Å². The Morgan fingerprint density at radius 3 is 2.78 bits per heavy atom. The van der Waals surface area contributed by atoms with E-state index in [0.717, 1.165) is 33.4 Å². The van der Waals surface area contributed by atoms with E-state index in [-0.39, 0.29) is 0 Å². The molecule has 2 heterocycles. The van der Waals surface area contributed by atoms with Crippen molar-refractivity contribution in [3.63, 3.8) is 0 Å². The van der Waals surface area contributed by atoms with Gasteiger partial charge >= 0.3 is 0 Å². The van der Waals surface area contributed by atoms with Crippen LogP contribution in [0.5, 0.6) is 0 Å². The molecular weight excluding hydrogens is 266 g/mol. The van der Waals surface area contributed by atoms with Gasteiger partial charge in [-0.3, -0.25) is 4.40 Å². The monoisotopic (exact) mass is 277 g/mol. The van der Waals surface area contributed by atoms with Crippen LogP contribution in [-0.4, -0.2) is 15.9 Å². The minimum absolute atomic E-state index is 0.615. The van der Waals surface area contributed by atoms with Crippen LogP contribution < -0.4 is 5.73 Å². The zero-order valence-corrected chi connectivity index (χ0v) is 11.2. The SMILES string of the molecule is NCCc1c(-c2ccc(Cl)cc2)nc2sccn12. The first-order valence-electron chi connectivity index (χ1n) is 5.70. The Labute approximate surface area is 114 Å². The molecule has 92 valence electrons. The molecule has 2 N–H and O–H groups in total. The smallest absolute Gasteiger partial charge is 0.194 e. The zero-order valence-electron chi connectivity index (χ0n) is 9.64. The summed E-state index contributed by atoms with van der Waals surface area (Å²) in [6.07, 6.45) is 2.85. The molecule has 0 radical (unpaired) electrons. The Morgan fingerprint density at radius 1 is 1.28 bits per heavy atom. The highest BCUT2D eigenvalue weighted by atomic mass is 35.5. The lowest BCUT2D eigenvalue weighted by Crippen LogP contribution is -2.05. The van der Waals surface area contributed by atoms with Crippen LogP contribution in [0.15, 0.2) is 35.8 Å². The molecule has 0 aliphatic carbocycles. The van der Waals surface area contributed by atoms with E-state index in [1.165, 1.54) is 0 Å². The highest BCUT2D eigenvalue weighted by Crippen LogP contribution is 2.27. The third-order valence-corrected chi connectivity index (χ3v) is 3.87. The summed E-state index contributed by atoms with van der Waals surface area (Å²) in [7, 11) is 0. The number of hydrogen-bond donors (Lipinski definition) is 1. The highest BCUT2D eigenvalue weighted by molar-refractivity contribution is 7.15. The maximum atomic E-state index is 5.91. The molecule has 0 fully saturated rings. The van der Waals surface area contributed by atoms with E-state index in [2.05, 4.69) is 9.38 Å². The molecule has 5 heteroatoms. The minimum Gasteiger partial charge on any atom is -0.330 e.